The van der Waals surface area contributed by atoms with E-state index in [0.29, 0.717) is 6.04 Å². The molecule has 0 saturated carbocycles. The van der Waals surface area contributed by atoms with Gasteiger partial charge in [0.2, 0.25) is 0 Å². The number of benzene rings is 1. The van der Waals surface area contributed by atoms with Crippen molar-refractivity contribution in [2.24, 2.45) is 0 Å². The molecule has 17 heavy (non-hydrogen) atoms. The molecule has 0 unspecified atom stereocenters. The van der Waals surface area contributed by atoms with Gasteiger partial charge in [0, 0.05) is 32.2 Å². The van der Waals surface area contributed by atoms with Crippen LogP contribution in [-0.4, -0.2) is 31.1 Å². The van der Waals surface area contributed by atoms with Crippen molar-refractivity contribution in [3.63, 3.8) is 0 Å². The second-order valence-corrected chi connectivity index (χ2v) is 4.46. The summed E-state index contributed by atoms with van der Waals surface area (Å²) < 4.78 is 13.0. The van der Waals surface area contributed by atoms with Crippen molar-refractivity contribution in [2.75, 3.05) is 26.2 Å². The van der Waals surface area contributed by atoms with Gasteiger partial charge in [-0.1, -0.05) is 6.07 Å². The minimum atomic E-state index is -0.145. The fraction of sp³-hybridized carbons (Fsp3) is 0.538. The first-order valence-corrected chi connectivity index (χ1v) is 5.89. The SMILES string of the molecule is Cc1cc(F)ccc1[C@@H](C)N1CCNCC1.Cl. The Kier molecular flexibility index (Phi) is 5.37. The zero-order valence-corrected chi connectivity index (χ0v) is 11.2. The summed E-state index contributed by atoms with van der Waals surface area (Å²) in [5, 5.41) is 3.34. The lowest BCUT2D eigenvalue weighted by molar-refractivity contribution is 0.185. The highest BCUT2D eigenvalue weighted by Crippen LogP contribution is 2.24. The van der Waals surface area contributed by atoms with Crippen molar-refractivity contribution >= 4 is 12.4 Å². The molecule has 1 aliphatic rings. The molecule has 0 radical (unpaired) electrons. The monoisotopic (exact) mass is 258 g/mol. The zero-order chi connectivity index (χ0) is 11.5. The smallest absolute Gasteiger partial charge is 0.123 e. The van der Waals surface area contributed by atoms with E-state index >= 15 is 0 Å². The number of hydrogen-bond donors (Lipinski definition) is 1. The normalized spacial score (nSPS) is 18.5. The molecule has 1 aromatic rings. The molecular formula is C13H20ClFN2. The highest BCUT2D eigenvalue weighted by molar-refractivity contribution is 5.85. The molecule has 2 nitrogen and oxygen atoms in total. The van der Waals surface area contributed by atoms with Crippen molar-refractivity contribution in [1.29, 1.82) is 0 Å². The Balaban J connectivity index is 0.00000144. The molecule has 0 aliphatic carbocycles. The standard InChI is InChI=1S/C13H19FN2.ClH/c1-10-9-12(14)3-4-13(10)11(2)16-7-5-15-6-8-16;/h3-4,9,11,15H,5-8H2,1-2H3;1H/t11-;/m1./s1. The number of halogens is 2. The summed E-state index contributed by atoms with van der Waals surface area (Å²) in [4.78, 5) is 2.44. The summed E-state index contributed by atoms with van der Waals surface area (Å²) in [5.74, 6) is -0.145. The Morgan fingerprint density at radius 1 is 1.29 bits per heavy atom. The van der Waals surface area contributed by atoms with Gasteiger partial charge in [-0.3, -0.25) is 4.90 Å². The van der Waals surface area contributed by atoms with Crippen LogP contribution in [0.1, 0.15) is 24.1 Å². The fourth-order valence-corrected chi connectivity index (χ4v) is 2.37. The van der Waals surface area contributed by atoms with Gasteiger partial charge in [-0.25, -0.2) is 4.39 Å². The van der Waals surface area contributed by atoms with Crippen LogP contribution in [0.3, 0.4) is 0 Å². The molecule has 96 valence electrons. The lowest BCUT2D eigenvalue weighted by Crippen LogP contribution is -2.44. The molecule has 1 fully saturated rings. The second-order valence-electron chi connectivity index (χ2n) is 4.46. The molecule has 1 atom stereocenters. The van der Waals surface area contributed by atoms with Gasteiger partial charge in [-0.15, -0.1) is 12.4 Å². The van der Waals surface area contributed by atoms with Gasteiger partial charge in [-0.2, -0.15) is 0 Å². The molecule has 0 bridgehead atoms. The number of aryl methyl sites for hydroxylation is 1. The van der Waals surface area contributed by atoms with Gasteiger partial charge in [0.1, 0.15) is 5.82 Å². The van der Waals surface area contributed by atoms with E-state index in [-0.39, 0.29) is 18.2 Å². The van der Waals surface area contributed by atoms with E-state index in [0.717, 1.165) is 31.7 Å². The third-order valence-corrected chi connectivity index (χ3v) is 3.38. The highest BCUT2D eigenvalue weighted by atomic mass is 35.5. The first-order valence-electron chi connectivity index (χ1n) is 5.89. The maximum absolute atomic E-state index is 13.0. The van der Waals surface area contributed by atoms with Crippen molar-refractivity contribution in [3.8, 4) is 0 Å². The van der Waals surface area contributed by atoms with Crippen LogP contribution in [0.15, 0.2) is 18.2 Å². The first kappa shape index (κ1) is 14.4. The molecule has 1 aromatic carbocycles. The molecular weight excluding hydrogens is 239 g/mol. The predicted octanol–water partition coefficient (Wildman–Crippen LogP) is 2.52. The lowest BCUT2D eigenvalue weighted by atomic mass is 10.0. The number of nitrogens with zero attached hydrogens (tertiary/aromatic N) is 1. The molecule has 0 aromatic heterocycles. The van der Waals surface area contributed by atoms with E-state index in [4.69, 9.17) is 0 Å². The average molecular weight is 259 g/mol. The number of hydrogen-bond acceptors (Lipinski definition) is 2. The van der Waals surface area contributed by atoms with Crippen molar-refractivity contribution in [1.82, 2.24) is 10.2 Å². The first-order chi connectivity index (χ1) is 7.68. The third kappa shape index (κ3) is 3.41. The van der Waals surface area contributed by atoms with Crippen LogP contribution in [0.25, 0.3) is 0 Å². The minimum absolute atomic E-state index is 0. The quantitative estimate of drug-likeness (QED) is 0.877. The molecule has 4 heteroatoms. The summed E-state index contributed by atoms with van der Waals surface area (Å²) in [6.45, 7) is 8.41. The van der Waals surface area contributed by atoms with E-state index < -0.39 is 0 Å². The Morgan fingerprint density at radius 3 is 2.53 bits per heavy atom. The highest BCUT2D eigenvalue weighted by Gasteiger charge is 2.19. The largest absolute Gasteiger partial charge is 0.314 e. The maximum Gasteiger partial charge on any atom is 0.123 e. The maximum atomic E-state index is 13.0. The molecule has 0 amide bonds. The van der Waals surface area contributed by atoms with Gasteiger partial charge < -0.3 is 5.32 Å². The van der Waals surface area contributed by atoms with Crippen LogP contribution in [-0.2, 0) is 0 Å². The van der Waals surface area contributed by atoms with Crippen LogP contribution in [0, 0.1) is 12.7 Å². The van der Waals surface area contributed by atoms with Crippen LogP contribution < -0.4 is 5.32 Å². The van der Waals surface area contributed by atoms with Crippen molar-refractivity contribution < 1.29 is 4.39 Å². The molecule has 1 aliphatic heterocycles. The average Bonchev–Trinajstić information content (AvgIpc) is 2.29. The topological polar surface area (TPSA) is 15.3 Å². The zero-order valence-electron chi connectivity index (χ0n) is 10.4. The molecule has 2 rings (SSSR count). The van der Waals surface area contributed by atoms with Gasteiger partial charge >= 0.3 is 0 Å². The molecule has 1 heterocycles. The number of rotatable bonds is 2. The van der Waals surface area contributed by atoms with Gasteiger partial charge in [0.25, 0.3) is 0 Å². The second kappa shape index (κ2) is 6.34. The van der Waals surface area contributed by atoms with Gasteiger partial charge in [-0.05, 0) is 37.1 Å². The van der Waals surface area contributed by atoms with E-state index in [1.54, 1.807) is 12.1 Å². The predicted molar refractivity (Wildman–Crippen MR) is 71.2 cm³/mol. The molecule has 1 N–H and O–H groups in total. The summed E-state index contributed by atoms with van der Waals surface area (Å²) in [7, 11) is 0. The van der Waals surface area contributed by atoms with E-state index in [1.807, 2.05) is 13.0 Å². The van der Waals surface area contributed by atoms with Crippen LogP contribution >= 0.6 is 12.4 Å². The summed E-state index contributed by atoms with van der Waals surface area (Å²) in [6, 6.07) is 5.47. The molecule has 0 spiro atoms. The molecule has 1 saturated heterocycles. The number of nitrogens with one attached hydrogen (secondary N) is 1. The summed E-state index contributed by atoms with van der Waals surface area (Å²) in [6.07, 6.45) is 0. The van der Waals surface area contributed by atoms with Gasteiger partial charge in [0.05, 0.1) is 0 Å². The fourth-order valence-electron chi connectivity index (χ4n) is 2.37. The van der Waals surface area contributed by atoms with E-state index in [1.165, 1.54) is 5.56 Å². The van der Waals surface area contributed by atoms with Gasteiger partial charge in [0.15, 0.2) is 0 Å². The van der Waals surface area contributed by atoms with E-state index in [2.05, 4.69) is 17.1 Å². The van der Waals surface area contributed by atoms with Crippen molar-refractivity contribution in [2.45, 2.75) is 19.9 Å². The Bertz CT molecular complexity index is 364. The Labute approximate surface area is 109 Å². The summed E-state index contributed by atoms with van der Waals surface area (Å²) >= 11 is 0. The Hall–Kier alpha value is -0.640. The minimum Gasteiger partial charge on any atom is -0.314 e. The summed E-state index contributed by atoms with van der Waals surface area (Å²) in [5.41, 5.74) is 2.29. The van der Waals surface area contributed by atoms with Crippen LogP contribution in [0.4, 0.5) is 4.39 Å². The van der Waals surface area contributed by atoms with E-state index in [9.17, 15) is 4.39 Å². The third-order valence-electron chi connectivity index (χ3n) is 3.38. The lowest BCUT2D eigenvalue weighted by Gasteiger charge is -2.33. The number of piperazine rings is 1. The Morgan fingerprint density at radius 2 is 1.94 bits per heavy atom. The van der Waals surface area contributed by atoms with Crippen molar-refractivity contribution in [3.05, 3.63) is 35.1 Å². The van der Waals surface area contributed by atoms with Crippen LogP contribution in [0.2, 0.25) is 0 Å². The van der Waals surface area contributed by atoms with Crippen LogP contribution in [0.5, 0.6) is 0 Å².